The summed E-state index contributed by atoms with van der Waals surface area (Å²) in [6.07, 6.45) is 0.0414. The number of alkyl carbamates (subject to hydrolysis) is 1. The van der Waals surface area contributed by atoms with E-state index in [0.717, 1.165) is 0 Å². The van der Waals surface area contributed by atoms with Gasteiger partial charge in [0.1, 0.15) is 0 Å². The van der Waals surface area contributed by atoms with Crippen molar-refractivity contribution in [2.45, 2.75) is 19.1 Å². The number of hydrogen-bond donors (Lipinski definition) is 1. The first kappa shape index (κ1) is 14.4. The molecular weight excluding hydrogens is 218 g/mol. The molecule has 0 fully saturated rings. The highest BCUT2D eigenvalue weighted by atomic mass is 28.4. The number of amides is 1. The summed E-state index contributed by atoms with van der Waals surface area (Å²) in [6.45, 7) is 1.87. The standard InChI is InChI=1S/C8H19NO5Si/c1-6-7(14-8(10)9-2)15(11-3,12-4)13-5/h7H,6H2,1-5H3,(H,9,10). The Labute approximate surface area is 91.2 Å². The van der Waals surface area contributed by atoms with Crippen molar-refractivity contribution in [3.63, 3.8) is 0 Å². The summed E-state index contributed by atoms with van der Waals surface area (Å²) in [7, 11) is 3.03. The summed E-state index contributed by atoms with van der Waals surface area (Å²) in [4.78, 5) is 11.1. The topological polar surface area (TPSA) is 66.0 Å². The van der Waals surface area contributed by atoms with Crippen molar-refractivity contribution < 1.29 is 22.8 Å². The Morgan fingerprint density at radius 1 is 1.27 bits per heavy atom. The zero-order valence-corrected chi connectivity index (χ0v) is 10.8. The van der Waals surface area contributed by atoms with Gasteiger partial charge in [-0.25, -0.2) is 4.79 Å². The lowest BCUT2D eigenvalue weighted by Gasteiger charge is -2.30. The van der Waals surface area contributed by atoms with Crippen LogP contribution in [0.3, 0.4) is 0 Å². The van der Waals surface area contributed by atoms with Crippen molar-refractivity contribution in [2.24, 2.45) is 0 Å². The molecule has 0 saturated carbocycles. The molecule has 0 spiro atoms. The zero-order chi connectivity index (χ0) is 11.9. The van der Waals surface area contributed by atoms with E-state index in [1.165, 1.54) is 28.4 Å². The molecule has 15 heavy (non-hydrogen) atoms. The predicted octanol–water partition coefficient (Wildman–Crippen LogP) is 0.538. The molecule has 1 unspecified atom stereocenters. The molecule has 0 aromatic carbocycles. The number of hydrogen-bond acceptors (Lipinski definition) is 5. The van der Waals surface area contributed by atoms with Gasteiger partial charge in [0, 0.05) is 28.4 Å². The lowest BCUT2D eigenvalue weighted by Crippen LogP contribution is -2.56. The predicted molar refractivity (Wildman–Crippen MR) is 56.4 cm³/mol. The van der Waals surface area contributed by atoms with Crippen LogP contribution in [0.15, 0.2) is 0 Å². The molecule has 0 saturated heterocycles. The van der Waals surface area contributed by atoms with Gasteiger partial charge in [-0.2, -0.15) is 0 Å². The molecule has 0 aromatic heterocycles. The second kappa shape index (κ2) is 6.78. The second-order valence-corrected chi connectivity index (χ2v) is 5.84. The van der Waals surface area contributed by atoms with Gasteiger partial charge in [-0.05, 0) is 6.42 Å². The third kappa shape index (κ3) is 3.45. The minimum atomic E-state index is -2.91. The molecule has 6 nitrogen and oxygen atoms in total. The molecule has 0 aliphatic heterocycles. The Hall–Kier alpha value is -0.633. The molecule has 0 rings (SSSR count). The molecule has 1 atom stereocenters. The van der Waals surface area contributed by atoms with Crippen LogP contribution in [0.4, 0.5) is 4.79 Å². The molecule has 0 radical (unpaired) electrons. The van der Waals surface area contributed by atoms with Crippen molar-refractivity contribution in [1.29, 1.82) is 0 Å². The molecule has 0 aromatic rings. The van der Waals surface area contributed by atoms with Crippen molar-refractivity contribution in [3.05, 3.63) is 0 Å². The van der Waals surface area contributed by atoms with Crippen molar-refractivity contribution in [1.82, 2.24) is 5.32 Å². The highest BCUT2D eigenvalue weighted by Gasteiger charge is 2.49. The minimum absolute atomic E-state index is 0.502. The third-order valence-corrected chi connectivity index (χ3v) is 5.09. The average Bonchev–Trinajstić information content (AvgIpc) is 2.29. The van der Waals surface area contributed by atoms with Crippen LogP contribution in [0, 0.1) is 0 Å². The van der Waals surface area contributed by atoms with E-state index in [-0.39, 0.29) is 0 Å². The van der Waals surface area contributed by atoms with Crippen LogP contribution in [0.25, 0.3) is 0 Å². The molecule has 1 N–H and O–H groups in total. The lowest BCUT2D eigenvalue weighted by atomic mass is 10.5. The molecule has 90 valence electrons. The largest absolute Gasteiger partial charge is 0.543 e. The van der Waals surface area contributed by atoms with Gasteiger partial charge in [0.05, 0.1) is 0 Å². The van der Waals surface area contributed by atoms with E-state index in [9.17, 15) is 4.79 Å². The van der Waals surface area contributed by atoms with E-state index >= 15 is 0 Å². The molecule has 0 aliphatic rings. The van der Waals surface area contributed by atoms with Gasteiger partial charge in [0.2, 0.25) is 0 Å². The van der Waals surface area contributed by atoms with Crippen LogP contribution < -0.4 is 5.32 Å². The third-order valence-electron chi connectivity index (χ3n) is 2.07. The summed E-state index contributed by atoms with van der Waals surface area (Å²) < 4.78 is 20.8. The van der Waals surface area contributed by atoms with Gasteiger partial charge in [-0.3, -0.25) is 0 Å². The lowest BCUT2D eigenvalue weighted by molar-refractivity contribution is 0.0418. The minimum Gasteiger partial charge on any atom is -0.442 e. The van der Waals surface area contributed by atoms with Crippen LogP contribution >= 0.6 is 0 Å². The Morgan fingerprint density at radius 2 is 1.73 bits per heavy atom. The molecule has 1 amide bonds. The Balaban J connectivity index is 4.66. The Morgan fingerprint density at radius 3 is 2.00 bits per heavy atom. The molecular formula is C8H19NO5Si. The molecule has 0 bridgehead atoms. The quantitative estimate of drug-likeness (QED) is 0.683. The Kier molecular flexibility index (Phi) is 6.49. The van der Waals surface area contributed by atoms with Gasteiger partial charge in [0.15, 0.2) is 5.73 Å². The van der Waals surface area contributed by atoms with Crippen molar-refractivity contribution in [3.8, 4) is 0 Å². The van der Waals surface area contributed by atoms with E-state index < -0.39 is 20.6 Å². The summed E-state index contributed by atoms with van der Waals surface area (Å²) in [5, 5.41) is 2.37. The van der Waals surface area contributed by atoms with E-state index in [0.29, 0.717) is 6.42 Å². The molecule has 7 heteroatoms. The average molecular weight is 237 g/mol. The number of carbonyl (C=O) groups is 1. The summed E-state index contributed by atoms with van der Waals surface area (Å²) in [5.41, 5.74) is -0.502. The monoisotopic (exact) mass is 237 g/mol. The van der Waals surface area contributed by atoms with E-state index in [2.05, 4.69) is 5.32 Å². The van der Waals surface area contributed by atoms with Crippen LogP contribution in [0.2, 0.25) is 0 Å². The van der Waals surface area contributed by atoms with Crippen molar-refractivity contribution in [2.75, 3.05) is 28.4 Å². The first-order valence-corrected chi connectivity index (χ1v) is 6.44. The fraction of sp³-hybridized carbons (Fsp3) is 0.875. The first-order valence-electron chi connectivity index (χ1n) is 4.64. The van der Waals surface area contributed by atoms with Crippen molar-refractivity contribution >= 4 is 14.9 Å². The highest BCUT2D eigenvalue weighted by Crippen LogP contribution is 2.17. The maximum absolute atomic E-state index is 11.1. The maximum Gasteiger partial charge on any atom is 0.543 e. The van der Waals surface area contributed by atoms with Crippen LogP contribution in [-0.2, 0) is 18.0 Å². The fourth-order valence-corrected chi connectivity index (χ4v) is 3.28. The van der Waals surface area contributed by atoms with Crippen LogP contribution in [-0.4, -0.2) is 49.0 Å². The normalized spacial score (nSPS) is 13.4. The van der Waals surface area contributed by atoms with Crippen LogP contribution in [0.5, 0.6) is 0 Å². The summed E-state index contributed by atoms with van der Waals surface area (Å²) in [6, 6.07) is 0. The van der Waals surface area contributed by atoms with Gasteiger partial charge in [-0.1, -0.05) is 6.92 Å². The summed E-state index contributed by atoms with van der Waals surface area (Å²) >= 11 is 0. The van der Waals surface area contributed by atoms with Gasteiger partial charge in [-0.15, -0.1) is 0 Å². The SMILES string of the molecule is CCC(OC(=O)NC)[Si](OC)(OC)OC. The number of ether oxygens (including phenoxy) is 1. The molecule has 0 heterocycles. The smallest absolute Gasteiger partial charge is 0.442 e. The maximum atomic E-state index is 11.1. The van der Waals surface area contributed by atoms with E-state index in [1.54, 1.807) is 0 Å². The first-order chi connectivity index (χ1) is 7.10. The number of rotatable bonds is 6. The zero-order valence-electron chi connectivity index (χ0n) is 9.83. The fourth-order valence-electron chi connectivity index (χ4n) is 1.24. The number of carbonyl (C=O) groups excluding carboxylic acids is 1. The van der Waals surface area contributed by atoms with Crippen LogP contribution in [0.1, 0.15) is 13.3 Å². The highest BCUT2D eigenvalue weighted by molar-refractivity contribution is 6.62. The summed E-state index contributed by atoms with van der Waals surface area (Å²) in [5.74, 6) is 0. The van der Waals surface area contributed by atoms with E-state index in [1.807, 2.05) is 6.92 Å². The number of nitrogens with one attached hydrogen (secondary N) is 1. The van der Waals surface area contributed by atoms with Gasteiger partial charge < -0.3 is 23.3 Å². The second-order valence-electron chi connectivity index (χ2n) is 2.77. The van der Waals surface area contributed by atoms with E-state index in [4.69, 9.17) is 18.0 Å². The Bertz CT molecular complexity index is 189. The molecule has 0 aliphatic carbocycles. The van der Waals surface area contributed by atoms with Gasteiger partial charge >= 0.3 is 14.9 Å². The van der Waals surface area contributed by atoms with Gasteiger partial charge in [0.25, 0.3) is 0 Å².